The molecule has 3 aromatic carbocycles. The summed E-state index contributed by atoms with van der Waals surface area (Å²) in [5.74, 6) is -2.01. The second-order valence-electron chi connectivity index (χ2n) is 17.8. The summed E-state index contributed by atoms with van der Waals surface area (Å²) in [7, 11) is 0. The van der Waals surface area contributed by atoms with Crippen LogP contribution in [0.2, 0.25) is 0 Å². The molecule has 3 atom stereocenters. The number of hydrogen-bond donors (Lipinski definition) is 0. The van der Waals surface area contributed by atoms with Gasteiger partial charge >= 0.3 is 0 Å². The van der Waals surface area contributed by atoms with E-state index in [0.29, 0.717) is 58.2 Å². The normalized spacial score (nSPS) is 22.4. The summed E-state index contributed by atoms with van der Waals surface area (Å²) in [5, 5.41) is 0. The molecule has 318 valence electrons. The summed E-state index contributed by atoms with van der Waals surface area (Å²) in [4.78, 5) is 97.3. The van der Waals surface area contributed by atoms with E-state index in [9.17, 15) is 28.8 Å². The van der Waals surface area contributed by atoms with E-state index < -0.39 is 18.1 Å². The number of benzene rings is 3. The molecule has 0 radical (unpaired) electrons. The predicted molar refractivity (Wildman–Crippen MR) is 228 cm³/mol. The fourth-order valence-electron chi connectivity index (χ4n) is 10.1. The van der Waals surface area contributed by atoms with Gasteiger partial charge in [-0.1, -0.05) is 88.0 Å². The molecule has 3 aromatic rings. The number of rotatable bonds is 6. The van der Waals surface area contributed by atoms with Crippen LogP contribution in [0.3, 0.4) is 0 Å². The van der Waals surface area contributed by atoms with Gasteiger partial charge in [-0.15, -0.1) is 0 Å². The minimum Gasteiger partial charge on any atom is -0.329 e. The Hall–Kier alpha value is -5.52. The zero-order valence-electron chi connectivity index (χ0n) is 36.2. The van der Waals surface area contributed by atoms with Gasteiger partial charge in [0.2, 0.25) is 35.4 Å². The zero-order chi connectivity index (χ0) is 42.8. The highest BCUT2D eigenvalue weighted by Gasteiger charge is 2.44. The molecule has 0 bridgehead atoms. The second-order valence-corrected chi connectivity index (χ2v) is 17.8. The molecule has 4 aliphatic heterocycles. The number of aryl methyl sites for hydroxylation is 6. The highest BCUT2D eigenvalue weighted by atomic mass is 16.2. The van der Waals surface area contributed by atoms with Crippen molar-refractivity contribution in [2.45, 2.75) is 118 Å². The summed E-state index contributed by atoms with van der Waals surface area (Å²) >= 11 is 0. The Kier molecular flexibility index (Phi) is 12.8. The zero-order valence-corrected chi connectivity index (χ0v) is 36.2. The summed E-state index contributed by atoms with van der Waals surface area (Å²) < 4.78 is 0. The largest absolute Gasteiger partial charge is 0.329 e. The van der Waals surface area contributed by atoms with Crippen LogP contribution < -0.4 is 0 Å². The Balaban J connectivity index is 1.29. The summed E-state index contributed by atoms with van der Waals surface area (Å²) in [5.41, 5.74) is 8.77. The van der Waals surface area contributed by atoms with Crippen LogP contribution in [-0.4, -0.2) is 122 Å². The maximum Gasteiger partial charge on any atom is 0.246 e. The van der Waals surface area contributed by atoms with E-state index in [1.54, 1.807) is 29.4 Å². The first-order valence-electron chi connectivity index (χ1n) is 21.6. The molecule has 4 fully saturated rings. The lowest BCUT2D eigenvalue weighted by molar-refractivity contribution is -0.154. The van der Waals surface area contributed by atoms with Gasteiger partial charge < -0.3 is 29.4 Å². The van der Waals surface area contributed by atoms with E-state index in [4.69, 9.17) is 0 Å². The first-order chi connectivity index (χ1) is 28.6. The Morgan fingerprint density at radius 3 is 0.850 bits per heavy atom. The van der Waals surface area contributed by atoms with Gasteiger partial charge in [0.15, 0.2) is 0 Å². The Bertz CT molecular complexity index is 1880. The highest BCUT2D eigenvalue weighted by molar-refractivity contribution is 5.96. The molecule has 6 amide bonds. The predicted octanol–water partition coefficient (Wildman–Crippen LogP) is 4.91. The van der Waals surface area contributed by atoms with Crippen LogP contribution in [0.4, 0.5) is 0 Å². The molecular formula is C48H60N6O6. The van der Waals surface area contributed by atoms with Gasteiger partial charge in [-0.3, -0.25) is 28.8 Å². The molecule has 4 heterocycles. The van der Waals surface area contributed by atoms with Gasteiger partial charge in [0.25, 0.3) is 0 Å². The smallest absolute Gasteiger partial charge is 0.246 e. The quantitative estimate of drug-likeness (QED) is 0.349. The summed E-state index contributed by atoms with van der Waals surface area (Å²) in [6.45, 7) is 12.6. The maximum absolute atomic E-state index is 14.8. The molecule has 12 heteroatoms. The number of fused-ring (bicyclic) bond motifs is 3. The van der Waals surface area contributed by atoms with Crippen molar-refractivity contribution >= 4 is 35.4 Å². The average molecular weight is 817 g/mol. The van der Waals surface area contributed by atoms with Crippen LogP contribution in [0, 0.1) is 41.5 Å². The van der Waals surface area contributed by atoms with Crippen molar-refractivity contribution in [3.63, 3.8) is 0 Å². The topological polar surface area (TPSA) is 122 Å². The van der Waals surface area contributed by atoms with Gasteiger partial charge in [-0.05, 0) is 96.8 Å². The fraction of sp³-hybridized carbons (Fsp3) is 0.500. The van der Waals surface area contributed by atoms with E-state index >= 15 is 0 Å². The van der Waals surface area contributed by atoms with Crippen molar-refractivity contribution in [3.8, 4) is 0 Å². The van der Waals surface area contributed by atoms with E-state index in [2.05, 4.69) is 18.2 Å². The van der Waals surface area contributed by atoms with Crippen molar-refractivity contribution in [2.24, 2.45) is 0 Å². The number of carbonyl (C=O) groups excluding carboxylic acids is 6. The minimum absolute atomic E-state index is 0.153. The molecule has 7 rings (SSSR count). The van der Waals surface area contributed by atoms with Crippen LogP contribution in [0.25, 0.3) is 0 Å². The molecule has 4 saturated heterocycles. The van der Waals surface area contributed by atoms with Crippen LogP contribution in [0.5, 0.6) is 0 Å². The number of carbonyl (C=O) groups is 6. The lowest BCUT2D eigenvalue weighted by Crippen LogP contribution is -2.56. The summed E-state index contributed by atoms with van der Waals surface area (Å²) in [6.07, 6.45) is 3.08. The van der Waals surface area contributed by atoms with Crippen molar-refractivity contribution < 1.29 is 28.8 Å². The SMILES string of the molecule is Cc1cc(C)cc(CN2CC(=O)N3CCC[C@H]3C(=O)N(Cc3cc(C)cc(C)c3)CC(=O)N3CCC[C@H]3C(=O)N(Cc3cc(C)cc(C)c3)CC(=O)N3CCC[C@H]3C2=O)c1. The van der Waals surface area contributed by atoms with Gasteiger partial charge in [-0.25, -0.2) is 0 Å². The average Bonchev–Trinajstić information content (AvgIpc) is 3.97. The third-order valence-corrected chi connectivity index (χ3v) is 12.5. The minimum atomic E-state index is -0.818. The number of amides is 6. The monoisotopic (exact) mass is 816 g/mol. The van der Waals surface area contributed by atoms with E-state index in [1.807, 2.05) is 77.9 Å². The van der Waals surface area contributed by atoms with Crippen LogP contribution >= 0.6 is 0 Å². The molecule has 0 aromatic heterocycles. The standard InChI is InChI=1S/C48H60N6O6/c1-31-16-32(2)20-37(19-31)25-49-28-43(55)53-14-8-11-41(53)47(59)51(27-39-23-35(5)18-36(6)24-39)30-45(57)54-15-9-12-42(54)48(60)50(26-38-21-33(3)17-34(4)22-38)29-44(56)52-13-7-10-40(52)46(49)58/h16-24,40-42H,7-15,25-30H2,1-6H3/t40-,41-,42-/m0/s1. The third kappa shape index (κ3) is 9.58. The molecule has 0 saturated carbocycles. The van der Waals surface area contributed by atoms with Crippen molar-refractivity contribution in [1.82, 2.24) is 29.4 Å². The van der Waals surface area contributed by atoms with Crippen LogP contribution in [0.1, 0.15) is 88.6 Å². The number of hydrogen-bond acceptors (Lipinski definition) is 6. The molecule has 12 nitrogen and oxygen atoms in total. The lowest BCUT2D eigenvalue weighted by atomic mass is 10.1. The van der Waals surface area contributed by atoms with Gasteiger partial charge in [0.1, 0.15) is 37.8 Å². The van der Waals surface area contributed by atoms with Crippen LogP contribution in [0.15, 0.2) is 54.6 Å². The Morgan fingerprint density at radius 2 is 0.617 bits per heavy atom. The van der Waals surface area contributed by atoms with Crippen molar-refractivity contribution in [3.05, 3.63) is 105 Å². The lowest BCUT2D eigenvalue weighted by Gasteiger charge is -2.36. The summed E-state index contributed by atoms with van der Waals surface area (Å²) in [6, 6.07) is 15.7. The highest BCUT2D eigenvalue weighted by Crippen LogP contribution is 2.28. The molecule has 60 heavy (non-hydrogen) atoms. The second kappa shape index (κ2) is 18.0. The fourth-order valence-corrected chi connectivity index (χ4v) is 10.1. The first-order valence-corrected chi connectivity index (χ1v) is 21.6. The molecule has 0 N–H and O–H groups in total. The molecule has 0 aliphatic carbocycles. The third-order valence-electron chi connectivity index (χ3n) is 12.5. The maximum atomic E-state index is 14.8. The van der Waals surface area contributed by atoms with Gasteiger partial charge in [-0.2, -0.15) is 0 Å². The molecule has 4 aliphatic rings. The van der Waals surface area contributed by atoms with E-state index in [0.717, 1.165) is 50.1 Å². The van der Waals surface area contributed by atoms with Gasteiger partial charge in [0.05, 0.1) is 0 Å². The molecular weight excluding hydrogens is 757 g/mol. The number of nitrogens with zero attached hydrogens (tertiary/aromatic N) is 6. The first kappa shape index (κ1) is 42.6. The van der Waals surface area contributed by atoms with E-state index in [-0.39, 0.29) is 74.7 Å². The molecule has 0 unspecified atom stereocenters. The molecule has 0 spiro atoms. The van der Waals surface area contributed by atoms with E-state index in [1.165, 1.54) is 0 Å². The Morgan fingerprint density at radius 1 is 0.383 bits per heavy atom. The van der Waals surface area contributed by atoms with Crippen molar-refractivity contribution in [2.75, 3.05) is 39.3 Å². The Labute approximate surface area is 354 Å². The van der Waals surface area contributed by atoms with Crippen LogP contribution in [-0.2, 0) is 48.4 Å². The van der Waals surface area contributed by atoms with Gasteiger partial charge in [0, 0.05) is 39.3 Å². The van der Waals surface area contributed by atoms with Crippen molar-refractivity contribution in [1.29, 1.82) is 0 Å².